The van der Waals surface area contributed by atoms with Crippen LogP contribution in [0.1, 0.15) is 0 Å². The molecule has 0 spiro atoms. The minimum Gasteiger partial charge on any atom is -0.330 e. The van der Waals surface area contributed by atoms with Crippen molar-refractivity contribution in [3.8, 4) is 11.1 Å². The first-order valence-electron chi connectivity index (χ1n) is 9.94. The third-order valence-electron chi connectivity index (χ3n) is 6.12. The van der Waals surface area contributed by atoms with Crippen LogP contribution in [0.4, 0.5) is 0 Å². The number of nitrogens with zero attached hydrogens (tertiary/aromatic N) is 2. The summed E-state index contributed by atoms with van der Waals surface area (Å²) in [5.74, 6) is 0. The summed E-state index contributed by atoms with van der Waals surface area (Å²) in [5, 5.41) is 5.19. The third kappa shape index (κ3) is 2.53. The monoisotopic (exact) mass is 516 g/mol. The Balaban J connectivity index is 1.61. The predicted molar refractivity (Wildman–Crippen MR) is 136 cm³/mol. The van der Waals surface area contributed by atoms with Crippen molar-refractivity contribution in [2.24, 2.45) is 0 Å². The van der Waals surface area contributed by atoms with Gasteiger partial charge in [0, 0.05) is 32.6 Å². The molecule has 2 nitrogen and oxygen atoms in total. The van der Waals surface area contributed by atoms with Gasteiger partial charge in [0.05, 0.1) is 21.9 Å². The van der Waals surface area contributed by atoms with E-state index in [0.29, 0.717) is 0 Å². The van der Waals surface area contributed by atoms with Gasteiger partial charge in [-0.05, 0) is 35.4 Å². The van der Waals surface area contributed by atoms with Crippen LogP contribution in [0.25, 0.3) is 54.7 Å². The van der Waals surface area contributed by atoms with E-state index in [1.165, 1.54) is 54.7 Å². The number of aromatic nitrogens is 2. The number of fused-ring (bicyclic) bond motifs is 6. The summed E-state index contributed by atoms with van der Waals surface area (Å²) in [6, 6.07) is 30.9. The molecular formula is C26H18Br2N2. The van der Waals surface area contributed by atoms with Crippen molar-refractivity contribution in [2.45, 2.75) is 10.9 Å². The van der Waals surface area contributed by atoms with Gasteiger partial charge in [-0.25, -0.2) is 0 Å². The lowest BCUT2D eigenvalue weighted by atomic mass is 10.0. The van der Waals surface area contributed by atoms with Crippen molar-refractivity contribution < 1.29 is 0 Å². The zero-order chi connectivity index (χ0) is 20.2. The van der Waals surface area contributed by atoms with Crippen LogP contribution in [0.5, 0.6) is 0 Å². The van der Waals surface area contributed by atoms with Crippen LogP contribution in [-0.4, -0.2) is 9.13 Å². The minimum absolute atomic E-state index is 0.775. The Morgan fingerprint density at radius 1 is 0.467 bits per heavy atom. The smallest absolute Gasteiger partial charge is 0.0785 e. The molecule has 0 N–H and O–H groups in total. The Bertz CT molecular complexity index is 1450. The highest BCUT2D eigenvalue weighted by atomic mass is 79.9. The van der Waals surface area contributed by atoms with Crippen LogP contribution < -0.4 is 0 Å². The molecule has 0 aliphatic heterocycles. The number of alkyl halides is 2. The fraction of sp³-hybridized carbons (Fsp3) is 0.0769. The quantitative estimate of drug-likeness (QED) is 0.209. The van der Waals surface area contributed by atoms with Gasteiger partial charge in [0.1, 0.15) is 0 Å². The van der Waals surface area contributed by atoms with Crippen LogP contribution in [0.3, 0.4) is 0 Å². The first-order valence-corrected chi connectivity index (χ1v) is 12.2. The van der Waals surface area contributed by atoms with E-state index >= 15 is 0 Å². The lowest BCUT2D eigenvalue weighted by molar-refractivity contribution is 0.998. The molecule has 6 rings (SSSR count). The molecule has 0 radical (unpaired) electrons. The van der Waals surface area contributed by atoms with E-state index < -0.39 is 0 Å². The maximum atomic E-state index is 3.69. The highest BCUT2D eigenvalue weighted by Crippen LogP contribution is 2.36. The molecular weight excluding hydrogens is 500 g/mol. The molecule has 0 atom stereocenters. The summed E-state index contributed by atoms with van der Waals surface area (Å²) in [7, 11) is 0. The van der Waals surface area contributed by atoms with Crippen molar-refractivity contribution in [1.29, 1.82) is 0 Å². The molecule has 0 aliphatic carbocycles. The fourth-order valence-electron chi connectivity index (χ4n) is 4.72. The first kappa shape index (κ1) is 18.2. The maximum Gasteiger partial charge on any atom is 0.0785 e. The van der Waals surface area contributed by atoms with Gasteiger partial charge in [-0.1, -0.05) is 92.5 Å². The molecule has 4 aromatic carbocycles. The second kappa shape index (κ2) is 7.00. The average molecular weight is 518 g/mol. The van der Waals surface area contributed by atoms with Gasteiger partial charge in [0.15, 0.2) is 0 Å². The van der Waals surface area contributed by atoms with E-state index in [2.05, 4.69) is 126 Å². The van der Waals surface area contributed by atoms with Gasteiger partial charge in [-0.3, -0.25) is 0 Å². The Hall–Kier alpha value is -2.56. The average Bonchev–Trinajstić information content (AvgIpc) is 3.30. The van der Waals surface area contributed by atoms with E-state index in [9.17, 15) is 0 Å². The Labute approximate surface area is 191 Å². The largest absolute Gasteiger partial charge is 0.330 e. The number of para-hydroxylation sites is 2. The van der Waals surface area contributed by atoms with Crippen molar-refractivity contribution >= 4 is 75.5 Å². The lowest BCUT2D eigenvalue weighted by Gasteiger charge is -2.07. The molecule has 2 heterocycles. The summed E-state index contributed by atoms with van der Waals surface area (Å²) in [6.45, 7) is 0. The molecule has 0 unspecified atom stereocenters. The molecule has 30 heavy (non-hydrogen) atoms. The van der Waals surface area contributed by atoms with Crippen LogP contribution in [-0.2, 0) is 10.9 Å². The van der Waals surface area contributed by atoms with Gasteiger partial charge in [0.25, 0.3) is 0 Å². The van der Waals surface area contributed by atoms with Crippen molar-refractivity contribution in [1.82, 2.24) is 9.13 Å². The normalized spacial score (nSPS) is 11.9. The molecule has 6 aromatic rings. The SMILES string of the molecule is BrCn1c2ccccc2c2ccc(-c3ccc4c5ccccc5n(CBr)c4c3)cc21. The van der Waals surface area contributed by atoms with E-state index in [-0.39, 0.29) is 0 Å². The van der Waals surface area contributed by atoms with Crippen LogP contribution >= 0.6 is 31.9 Å². The summed E-state index contributed by atoms with van der Waals surface area (Å²) in [6.07, 6.45) is 0. The van der Waals surface area contributed by atoms with Crippen molar-refractivity contribution in [3.05, 3.63) is 84.9 Å². The molecule has 0 aliphatic rings. The maximum absolute atomic E-state index is 3.69. The summed E-state index contributed by atoms with van der Waals surface area (Å²) in [5.41, 5.74) is 9.06. The van der Waals surface area contributed by atoms with Gasteiger partial charge >= 0.3 is 0 Å². The molecule has 2 aromatic heterocycles. The van der Waals surface area contributed by atoms with Gasteiger partial charge in [0.2, 0.25) is 0 Å². The number of hydrogen-bond acceptors (Lipinski definition) is 0. The van der Waals surface area contributed by atoms with E-state index in [1.807, 2.05) is 0 Å². The van der Waals surface area contributed by atoms with E-state index in [4.69, 9.17) is 0 Å². The number of benzene rings is 4. The van der Waals surface area contributed by atoms with Crippen LogP contribution in [0.2, 0.25) is 0 Å². The van der Waals surface area contributed by atoms with Gasteiger partial charge in [-0.2, -0.15) is 0 Å². The molecule has 0 saturated carbocycles. The number of rotatable bonds is 3. The molecule has 0 saturated heterocycles. The number of halogens is 2. The third-order valence-corrected chi connectivity index (χ3v) is 7.12. The summed E-state index contributed by atoms with van der Waals surface area (Å²) < 4.78 is 4.67. The van der Waals surface area contributed by atoms with Crippen molar-refractivity contribution in [3.63, 3.8) is 0 Å². The Kier molecular flexibility index (Phi) is 4.25. The second-order valence-corrected chi connectivity index (χ2v) is 8.60. The summed E-state index contributed by atoms with van der Waals surface area (Å²) in [4.78, 5) is 0. The topological polar surface area (TPSA) is 9.86 Å². The van der Waals surface area contributed by atoms with Gasteiger partial charge < -0.3 is 9.13 Å². The van der Waals surface area contributed by atoms with Crippen LogP contribution in [0.15, 0.2) is 84.9 Å². The van der Waals surface area contributed by atoms with Crippen molar-refractivity contribution in [2.75, 3.05) is 0 Å². The molecule has 0 bridgehead atoms. The standard InChI is InChI=1S/C26H18Br2N2/c27-15-29-23-7-3-1-5-19(23)21-11-9-17(13-25(21)29)18-10-12-22-20-6-2-4-8-24(20)30(16-28)26(22)14-18/h1-14H,15-16H2. The highest BCUT2D eigenvalue weighted by molar-refractivity contribution is 9.08. The molecule has 0 fully saturated rings. The Morgan fingerprint density at radius 3 is 1.30 bits per heavy atom. The molecule has 0 amide bonds. The van der Waals surface area contributed by atoms with Gasteiger partial charge in [-0.15, -0.1) is 0 Å². The summed E-state index contributed by atoms with van der Waals surface area (Å²) >= 11 is 7.37. The van der Waals surface area contributed by atoms with E-state index in [0.717, 1.165) is 10.9 Å². The van der Waals surface area contributed by atoms with E-state index in [1.54, 1.807) is 0 Å². The lowest BCUT2D eigenvalue weighted by Crippen LogP contribution is -1.92. The Morgan fingerprint density at radius 2 is 0.867 bits per heavy atom. The molecule has 146 valence electrons. The fourth-order valence-corrected chi connectivity index (χ4v) is 5.80. The van der Waals surface area contributed by atoms with Crippen LogP contribution in [0, 0.1) is 0 Å². The molecule has 4 heteroatoms. The first-order chi connectivity index (χ1) is 14.8. The predicted octanol–water partition coefficient (Wildman–Crippen LogP) is 8.27. The second-order valence-electron chi connectivity index (χ2n) is 7.59. The zero-order valence-electron chi connectivity index (χ0n) is 16.1. The number of hydrogen-bond donors (Lipinski definition) is 0. The zero-order valence-corrected chi connectivity index (χ0v) is 19.3. The highest BCUT2D eigenvalue weighted by Gasteiger charge is 2.13. The minimum atomic E-state index is 0.775.